The molecule has 18 heavy (non-hydrogen) atoms. The number of halogens is 2. The van der Waals surface area contributed by atoms with Gasteiger partial charge in [-0.15, -0.1) is 0 Å². The molecule has 1 atom stereocenters. The lowest BCUT2D eigenvalue weighted by atomic mass is 10.2. The topological polar surface area (TPSA) is 78.4 Å². The van der Waals surface area contributed by atoms with Crippen molar-refractivity contribution in [2.24, 2.45) is 0 Å². The number of anilines is 1. The molecule has 3 N–H and O–H groups in total. The first-order valence-corrected chi connectivity index (χ1v) is 6.65. The van der Waals surface area contributed by atoms with Gasteiger partial charge in [0.05, 0.1) is 10.7 Å². The molecule has 0 aromatic heterocycles. The van der Waals surface area contributed by atoms with E-state index in [-0.39, 0.29) is 0 Å². The highest BCUT2D eigenvalue weighted by molar-refractivity contribution is 14.1. The number of rotatable bonds is 4. The summed E-state index contributed by atoms with van der Waals surface area (Å²) >= 11 is 8.04. The van der Waals surface area contributed by atoms with Crippen molar-refractivity contribution in [3.8, 4) is 0 Å². The molecule has 0 radical (unpaired) electrons. The van der Waals surface area contributed by atoms with Crippen LogP contribution < -0.4 is 10.6 Å². The van der Waals surface area contributed by atoms with Gasteiger partial charge in [-0.25, -0.2) is 9.59 Å². The summed E-state index contributed by atoms with van der Waals surface area (Å²) in [7, 11) is 0. The summed E-state index contributed by atoms with van der Waals surface area (Å²) in [4.78, 5) is 22.3. The highest BCUT2D eigenvalue weighted by Gasteiger charge is 2.17. The highest BCUT2D eigenvalue weighted by atomic mass is 127. The molecule has 0 unspecified atom stereocenters. The van der Waals surface area contributed by atoms with Gasteiger partial charge in [-0.2, -0.15) is 0 Å². The Morgan fingerprint density at radius 1 is 1.50 bits per heavy atom. The Bertz CT molecular complexity index is 468. The van der Waals surface area contributed by atoms with E-state index in [1.165, 1.54) is 0 Å². The van der Waals surface area contributed by atoms with Crippen LogP contribution in [0.5, 0.6) is 0 Å². The molecule has 2 amide bonds. The fourth-order valence-corrected chi connectivity index (χ4v) is 2.15. The van der Waals surface area contributed by atoms with Crippen molar-refractivity contribution in [3.05, 3.63) is 26.8 Å². The molecule has 0 spiro atoms. The number of aliphatic carboxylic acids is 1. The minimum Gasteiger partial charge on any atom is -0.480 e. The minimum atomic E-state index is -1.07. The minimum absolute atomic E-state index is 0.309. The van der Waals surface area contributed by atoms with E-state index in [1.807, 2.05) is 0 Å². The third kappa shape index (κ3) is 4.34. The third-order valence-corrected chi connectivity index (χ3v) is 3.17. The monoisotopic (exact) mass is 382 g/mol. The fourth-order valence-electron chi connectivity index (χ4n) is 1.25. The van der Waals surface area contributed by atoms with E-state index in [9.17, 15) is 9.59 Å². The van der Waals surface area contributed by atoms with Gasteiger partial charge < -0.3 is 15.7 Å². The van der Waals surface area contributed by atoms with E-state index < -0.39 is 18.0 Å². The Balaban J connectivity index is 2.67. The number of carboxylic acid groups (broad SMARTS) is 1. The number of carboxylic acids is 1. The summed E-state index contributed by atoms with van der Waals surface area (Å²) in [5.74, 6) is -1.07. The maximum Gasteiger partial charge on any atom is 0.326 e. The Morgan fingerprint density at radius 3 is 2.67 bits per heavy atom. The first-order chi connectivity index (χ1) is 8.43. The number of urea groups is 1. The highest BCUT2D eigenvalue weighted by Crippen LogP contribution is 2.23. The predicted molar refractivity (Wildman–Crippen MR) is 78.0 cm³/mol. The molecule has 0 saturated heterocycles. The van der Waals surface area contributed by atoms with Crippen LogP contribution in [0.1, 0.15) is 13.3 Å². The van der Waals surface area contributed by atoms with Crippen LogP contribution in [0.4, 0.5) is 10.5 Å². The summed E-state index contributed by atoms with van der Waals surface area (Å²) < 4.78 is 0.945. The van der Waals surface area contributed by atoms with Gasteiger partial charge >= 0.3 is 12.0 Å². The van der Waals surface area contributed by atoms with E-state index >= 15 is 0 Å². The molecule has 7 heteroatoms. The number of nitrogens with one attached hydrogen (secondary N) is 2. The third-order valence-electron chi connectivity index (χ3n) is 2.19. The Labute approximate surface area is 123 Å². The van der Waals surface area contributed by atoms with E-state index in [1.54, 1.807) is 25.1 Å². The lowest BCUT2D eigenvalue weighted by molar-refractivity contribution is -0.139. The van der Waals surface area contributed by atoms with Gasteiger partial charge in [0.1, 0.15) is 6.04 Å². The fraction of sp³-hybridized carbons (Fsp3) is 0.273. The van der Waals surface area contributed by atoms with Gasteiger partial charge in [0.2, 0.25) is 0 Å². The molecular weight excluding hydrogens is 370 g/mol. The molecule has 0 aliphatic carbocycles. The second-order valence-electron chi connectivity index (χ2n) is 3.52. The van der Waals surface area contributed by atoms with Crippen LogP contribution in [-0.4, -0.2) is 23.1 Å². The Kier molecular flexibility index (Phi) is 5.67. The van der Waals surface area contributed by atoms with Crippen molar-refractivity contribution in [2.75, 3.05) is 5.32 Å². The maximum atomic E-state index is 11.6. The second-order valence-corrected chi connectivity index (χ2v) is 5.17. The van der Waals surface area contributed by atoms with E-state index in [4.69, 9.17) is 16.7 Å². The molecule has 0 aliphatic heterocycles. The summed E-state index contributed by atoms with van der Waals surface area (Å²) in [6.07, 6.45) is 0.309. The zero-order chi connectivity index (χ0) is 13.7. The molecule has 5 nitrogen and oxygen atoms in total. The van der Waals surface area contributed by atoms with Crippen LogP contribution in [0.25, 0.3) is 0 Å². The van der Waals surface area contributed by atoms with E-state index in [0.29, 0.717) is 17.1 Å². The van der Waals surface area contributed by atoms with Gasteiger partial charge in [-0.3, -0.25) is 0 Å². The van der Waals surface area contributed by atoms with Crippen molar-refractivity contribution >= 4 is 51.9 Å². The first kappa shape index (κ1) is 15.0. The average Bonchev–Trinajstić information content (AvgIpc) is 2.29. The largest absolute Gasteiger partial charge is 0.480 e. The van der Waals surface area contributed by atoms with Gasteiger partial charge in [0, 0.05) is 3.57 Å². The maximum absolute atomic E-state index is 11.6. The van der Waals surface area contributed by atoms with Crippen molar-refractivity contribution in [2.45, 2.75) is 19.4 Å². The average molecular weight is 383 g/mol. The number of hydrogen-bond acceptors (Lipinski definition) is 2. The first-order valence-electron chi connectivity index (χ1n) is 5.19. The zero-order valence-corrected chi connectivity index (χ0v) is 12.4. The second kappa shape index (κ2) is 6.79. The van der Waals surface area contributed by atoms with E-state index in [0.717, 1.165) is 3.57 Å². The lowest BCUT2D eigenvalue weighted by Crippen LogP contribution is -2.42. The van der Waals surface area contributed by atoms with Crippen LogP contribution in [0.2, 0.25) is 5.02 Å². The Morgan fingerprint density at radius 2 is 2.17 bits per heavy atom. The molecule has 1 rings (SSSR count). The van der Waals surface area contributed by atoms with Crippen molar-refractivity contribution in [3.63, 3.8) is 0 Å². The molecular formula is C11H12ClIN2O3. The standard InChI is InChI=1S/C11H12ClIN2O3/c1-2-8(10(16)17)14-11(18)15-9-4-3-6(13)5-7(9)12/h3-5,8H,2H2,1H3,(H,16,17)(H2,14,15,18)/t8-/m1/s1. The quantitative estimate of drug-likeness (QED) is 0.701. The van der Waals surface area contributed by atoms with Crippen LogP contribution in [0.3, 0.4) is 0 Å². The molecule has 0 heterocycles. The normalized spacial score (nSPS) is 11.7. The summed E-state index contributed by atoms with van der Waals surface area (Å²) in [6.45, 7) is 1.68. The van der Waals surface area contributed by atoms with Gasteiger partial charge in [0.15, 0.2) is 0 Å². The lowest BCUT2D eigenvalue weighted by Gasteiger charge is -2.13. The van der Waals surface area contributed by atoms with Crippen LogP contribution >= 0.6 is 34.2 Å². The number of carbonyl (C=O) groups is 2. The van der Waals surface area contributed by atoms with Gasteiger partial charge in [0.25, 0.3) is 0 Å². The Hall–Kier alpha value is -1.02. The van der Waals surface area contributed by atoms with Crippen LogP contribution in [0.15, 0.2) is 18.2 Å². The molecule has 0 bridgehead atoms. The molecule has 98 valence electrons. The number of hydrogen-bond donors (Lipinski definition) is 3. The van der Waals surface area contributed by atoms with Gasteiger partial charge in [-0.05, 0) is 47.2 Å². The van der Waals surface area contributed by atoms with Crippen LogP contribution in [0, 0.1) is 3.57 Å². The van der Waals surface area contributed by atoms with Gasteiger partial charge in [-0.1, -0.05) is 18.5 Å². The smallest absolute Gasteiger partial charge is 0.326 e. The number of benzene rings is 1. The predicted octanol–water partition coefficient (Wildman–Crippen LogP) is 2.93. The number of amides is 2. The zero-order valence-electron chi connectivity index (χ0n) is 9.54. The van der Waals surface area contributed by atoms with E-state index in [2.05, 4.69) is 33.2 Å². The molecule has 0 fully saturated rings. The van der Waals surface area contributed by atoms with Crippen molar-refractivity contribution in [1.82, 2.24) is 5.32 Å². The SMILES string of the molecule is CC[C@@H](NC(=O)Nc1ccc(I)cc1Cl)C(=O)O. The molecule has 0 saturated carbocycles. The number of carbonyl (C=O) groups excluding carboxylic acids is 1. The van der Waals surface area contributed by atoms with Crippen molar-refractivity contribution < 1.29 is 14.7 Å². The summed E-state index contributed by atoms with van der Waals surface area (Å²) in [5, 5.41) is 14.1. The molecule has 1 aromatic carbocycles. The summed E-state index contributed by atoms with van der Waals surface area (Å²) in [6, 6.07) is 3.65. The van der Waals surface area contributed by atoms with Crippen molar-refractivity contribution in [1.29, 1.82) is 0 Å². The van der Waals surface area contributed by atoms with Crippen LogP contribution in [-0.2, 0) is 4.79 Å². The molecule has 0 aliphatic rings. The molecule has 1 aromatic rings. The summed E-state index contributed by atoms with van der Waals surface area (Å²) in [5.41, 5.74) is 0.440.